The molecule has 20 heavy (non-hydrogen) atoms. The normalized spacial score (nSPS) is 13.8. The number of nitrogens with one attached hydrogen (secondary N) is 1. The number of anilines is 1. The van der Waals surface area contributed by atoms with Crippen LogP contribution in [0.1, 0.15) is 26.5 Å². The lowest BCUT2D eigenvalue weighted by atomic mass is 10.1. The van der Waals surface area contributed by atoms with Gasteiger partial charge in [-0.15, -0.1) is 0 Å². The van der Waals surface area contributed by atoms with Gasteiger partial charge in [0.25, 0.3) is 11.8 Å². The second kappa shape index (κ2) is 4.79. The molecule has 2 amide bonds. The van der Waals surface area contributed by atoms with Gasteiger partial charge in [0.15, 0.2) is 4.67 Å². The summed E-state index contributed by atoms with van der Waals surface area (Å²) in [5.41, 5.74) is 1.65. The van der Waals surface area contributed by atoms with Crippen LogP contribution in [0.25, 0.3) is 0 Å². The SMILES string of the molecule is CN1C(=O)c2ccc(NCc3ccc(Br)o3)cc2C1=O. The summed E-state index contributed by atoms with van der Waals surface area (Å²) >= 11 is 3.24. The van der Waals surface area contributed by atoms with Crippen molar-refractivity contribution in [2.24, 2.45) is 0 Å². The number of rotatable bonds is 3. The lowest BCUT2D eigenvalue weighted by molar-refractivity contribution is 0.0693. The summed E-state index contributed by atoms with van der Waals surface area (Å²) in [6, 6.07) is 8.81. The number of carbonyl (C=O) groups is 2. The number of benzene rings is 1. The molecule has 0 atom stereocenters. The molecule has 1 N–H and O–H groups in total. The van der Waals surface area contributed by atoms with Gasteiger partial charge < -0.3 is 9.73 Å². The third-order valence-electron chi connectivity index (χ3n) is 3.19. The molecule has 5 nitrogen and oxygen atoms in total. The van der Waals surface area contributed by atoms with E-state index in [0.717, 1.165) is 16.3 Å². The first kappa shape index (κ1) is 12.9. The zero-order valence-electron chi connectivity index (χ0n) is 10.6. The Morgan fingerprint density at radius 1 is 1.15 bits per heavy atom. The Morgan fingerprint density at radius 2 is 1.90 bits per heavy atom. The first-order valence-corrected chi connectivity index (χ1v) is 6.80. The van der Waals surface area contributed by atoms with Gasteiger partial charge in [-0.25, -0.2) is 0 Å². The van der Waals surface area contributed by atoms with Gasteiger partial charge in [0, 0.05) is 12.7 Å². The van der Waals surface area contributed by atoms with Crippen LogP contribution in [0.15, 0.2) is 39.4 Å². The molecule has 1 aromatic heterocycles. The first-order chi connectivity index (χ1) is 9.56. The van der Waals surface area contributed by atoms with E-state index in [9.17, 15) is 9.59 Å². The van der Waals surface area contributed by atoms with Crippen LogP contribution in [0.5, 0.6) is 0 Å². The molecule has 2 heterocycles. The van der Waals surface area contributed by atoms with Gasteiger partial charge in [-0.05, 0) is 46.3 Å². The highest BCUT2D eigenvalue weighted by atomic mass is 79.9. The summed E-state index contributed by atoms with van der Waals surface area (Å²) in [6.45, 7) is 0.502. The minimum absolute atomic E-state index is 0.258. The van der Waals surface area contributed by atoms with E-state index in [0.29, 0.717) is 22.3 Å². The molecule has 0 saturated carbocycles. The highest BCUT2D eigenvalue weighted by Crippen LogP contribution is 2.25. The molecule has 0 fully saturated rings. The van der Waals surface area contributed by atoms with Crippen LogP contribution in [0, 0.1) is 0 Å². The van der Waals surface area contributed by atoms with Crippen LogP contribution in [-0.2, 0) is 6.54 Å². The van der Waals surface area contributed by atoms with Crippen molar-refractivity contribution in [1.82, 2.24) is 4.90 Å². The number of carbonyl (C=O) groups excluding carboxylic acids is 2. The molecule has 1 aliphatic rings. The quantitative estimate of drug-likeness (QED) is 0.876. The number of fused-ring (bicyclic) bond motifs is 1. The lowest BCUT2D eigenvalue weighted by Crippen LogP contribution is -2.24. The minimum Gasteiger partial charge on any atom is -0.452 e. The van der Waals surface area contributed by atoms with Crippen molar-refractivity contribution in [1.29, 1.82) is 0 Å². The molecule has 0 aliphatic carbocycles. The maximum atomic E-state index is 11.9. The topological polar surface area (TPSA) is 62.6 Å². The third-order valence-corrected chi connectivity index (χ3v) is 3.61. The van der Waals surface area contributed by atoms with Crippen molar-refractivity contribution in [3.05, 3.63) is 51.9 Å². The van der Waals surface area contributed by atoms with Crippen molar-refractivity contribution in [3.8, 4) is 0 Å². The molecule has 102 valence electrons. The highest BCUT2D eigenvalue weighted by molar-refractivity contribution is 9.10. The van der Waals surface area contributed by atoms with Crippen LogP contribution in [0.4, 0.5) is 5.69 Å². The van der Waals surface area contributed by atoms with Crippen molar-refractivity contribution >= 4 is 33.4 Å². The monoisotopic (exact) mass is 334 g/mol. The Bertz CT molecular complexity index is 708. The Hall–Kier alpha value is -2.08. The molecule has 6 heteroatoms. The zero-order chi connectivity index (χ0) is 14.3. The number of halogens is 1. The predicted molar refractivity (Wildman–Crippen MR) is 76.6 cm³/mol. The van der Waals surface area contributed by atoms with Gasteiger partial charge in [-0.1, -0.05) is 0 Å². The second-order valence-electron chi connectivity index (χ2n) is 4.49. The maximum Gasteiger partial charge on any atom is 0.261 e. The summed E-state index contributed by atoms with van der Waals surface area (Å²) in [4.78, 5) is 24.8. The highest BCUT2D eigenvalue weighted by Gasteiger charge is 2.32. The third kappa shape index (κ3) is 2.12. The largest absolute Gasteiger partial charge is 0.452 e. The molecule has 1 aromatic carbocycles. The molecular formula is C14H11BrN2O3. The van der Waals surface area contributed by atoms with Gasteiger partial charge in [-0.3, -0.25) is 14.5 Å². The Morgan fingerprint density at radius 3 is 2.60 bits per heavy atom. The molecule has 0 radical (unpaired) electrons. The van der Waals surface area contributed by atoms with E-state index in [4.69, 9.17) is 4.42 Å². The van der Waals surface area contributed by atoms with E-state index in [2.05, 4.69) is 21.2 Å². The smallest absolute Gasteiger partial charge is 0.261 e. The first-order valence-electron chi connectivity index (χ1n) is 6.01. The summed E-state index contributed by atoms with van der Waals surface area (Å²) in [6.07, 6.45) is 0. The van der Waals surface area contributed by atoms with Crippen LogP contribution < -0.4 is 5.32 Å². The number of furan rings is 1. The molecule has 2 aromatic rings. The predicted octanol–water partition coefficient (Wildman–Crippen LogP) is 2.88. The van der Waals surface area contributed by atoms with E-state index >= 15 is 0 Å². The molecule has 3 rings (SSSR count). The van der Waals surface area contributed by atoms with E-state index in [1.807, 2.05) is 12.1 Å². The molecule has 0 unspecified atom stereocenters. The van der Waals surface area contributed by atoms with Gasteiger partial charge in [0.1, 0.15) is 5.76 Å². The number of hydrogen-bond acceptors (Lipinski definition) is 4. The summed E-state index contributed by atoms with van der Waals surface area (Å²) in [7, 11) is 1.48. The van der Waals surface area contributed by atoms with Gasteiger partial charge in [0.2, 0.25) is 0 Å². The fraction of sp³-hybridized carbons (Fsp3) is 0.143. The molecule has 1 aliphatic heterocycles. The van der Waals surface area contributed by atoms with Crippen molar-refractivity contribution in [2.45, 2.75) is 6.54 Å². The number of imide groups is 1. The zero-order valence-corrected chi connectivity index (χ0v) is 12.2. The average Bonchev–Trinajstić information content (AvgIpc) is 2.95. The van der Waals surface area contributed by atoms with E-state index < -0.39 is 0 Å². The van der Waals surface area contributed by atoms with Gasteiger partial charge in [0.05, 0.1) is 17.7 Å². The van der Waals surface area contributed by atoms with Gasteiger partial charge >= 0.3 is 0 Å². The second-order valence-corrected chi connectivity index (χ2v) is 5.27. The molecule has 0 saturated heterocycles. The number of hydrogen-bond donors (Lipinski definition) is 1. The summed E-state index contributed by atoms with van der Waals surface area (Å²) < 4.78 is 6.05. The van der Waals surface area contributed by atoms with E-state index in [-0.39, 0.29) is 11.8 Å². The molecular weight excluding hydrogens is 324 g/mol. The van der Waals surface area contributed by atoms with Crippen LogP contribution in [0.2, 0.25) is 0 Å². The van der Waals surface area contributed by atoms with Crippen LogP contribution in [-0.4, -0.2) is 23.8 Å². The molecule has 0 bridgehead atoms. The Kier molecular flexibility index (Phi) is 3.10. The number of amides is 2. The van der Waals surface area contributed by atoms with Crippen molar-refractivity contribution < 1.29 is 14.0 Å². The van der Waals surface area contributed by atoms with Gasteiger partial charge in [-0.2, -0.15) is 0 Å². The standard InChI is InChI=1S/C14H11BrN2O3/c1-17-13(18)10-4-2-8(6-11(10)14(17)19)16-7-9-3-5-12(15)20-9/h2-6,16H,7H2,1H3. The fourth-order valence-corrected chi connectivity index (χ4v) is 2.45. The van der Waals surface area contributed by atoms with Crippen molar-refractivity contribution in [3.63, 3.8) is 0 Å². The lowest BCUT2D eigenvalue weighted by Gasteiger charge is -2.05. The fourth-order valence-electron chi connectivity index (χ4n) is 2.11. The van der Waals surface area contributed by atoms with E-state index in [1.54, 1.807) is 18.2 Å². The van der Waals surface area contributed by atoms with Crippen LogP contribution >= 0.6 is 15.9 Å². The Labute approximate surface area is 123 Å². The van der Waals surface area contributed by atoms with E-state index in [1.165, 1.54) is 7.05 Å². The van der Waals surface area contributed by atoms with Crippen LogP contribution in [0.3, 0.4) is 0 Å². The Balaban J connectivity index is 1.80. The molecule has 0 spiro atoms. The minimum atomic E-state index is -0.269. The average molecular weight is 335 g/mol. The maximum absolute atomic E-state index is 11.9. The van der Waals surface area contributed by atoms with Crippen molar-refractivity contribution in [2.75, 3.05) is 12.4 Å². The number of nitrogens with zero attached hydrogens (tertiary/aromatic N) is 1. The summed E-state index contributed by atoms with van der Waals surface area (Å²) in [5, 5.41) is 3.16. The summed E-state index contributed by atoms with van der Waals surface area (Å²) in [5.74, 6) is 0.248.